The molecule has 0 saturated heterocycles. The monoisotopic (exact) mass is 244 g/mol. The number of nitrogen functional groups attached to an aromatic ring is 1. The number of benzene rings is 1. The maximum Gasteiger partial charge on any atom is 0.140 e. The number of nitrogens with zero attached hydrogens (tertiary/aromatic N) is 2. The molecule has 0 saturated carbocycles. The van der Waals surface area contributed by atoms with Crippen molar-refractivity contribution >= 4 is 28.3 Å². The molecule has 0 aliphatic carbocycles. The molecule has 0 unspecified atom stereocenters. The molecule has 4 nitrogen and oxygen atoms in total. The molecule has 2 aromatic heterocycles. The van der Waals surface area contributed by atoms with Crippen molar-refractivity contribution in [3.8, 4) is 11.4 Å². The molecular formula is C12H9ClN4. The quantitative estimate of drug-likeness (QED) is 0.647. The first-order valence-corrected chi connectivity index (χ1v) is 5.47. The summed E-state index contributed by atoms with van der Waals surface area (Å²) in [7, 11) is 0. The average Bonchev–Trinajstić information content (AvgIpc) is 2.72. The van der Waals surface area contributed by atoms with Gasteiger partial charge < -0.3 is 10.7 Å². The summed E-state index contributed by atoms with van der Waals surface area (Å²) >= 11 is 6.07. The molecule has 1 aromatic carbocycles. The minimum Gasteiger partial charge on any atom is -0.399 e. The SMILES string of the molecule is Nc1ccc2nc(-c3ccncc3Cl)[nH]c2c1. The third-order valence-corrected chi connectivity index (χ3v) is 2.83. The van der Waals surface area contributed by atoms with Gasteiger partial charge in [-0.15, -0.1) is 0 Å². The van der Waals surface area contributed by atoms with E-state index in [1.807, 2.05) is 24.3 Å². The van der Waals surface area contributed by atoms with Crippen molar-refractivity contribution in [1.29, 1.82) is 0 Å². The number of aromatic nitrogens is 3. The van der Waals surface area contributed by atoms with Gasteiger partial charge in [0.25, 0.3) is 0 Å². The fraction of sp³-hybridized carbons (Fsp3) is 0. The van der Waals surface area contributed by atoms with Crippen LogP contribution in [0.25, 0.3) is 22.4 Å². The van der Waals surface area contributed by atoms with Crippen molar-refractivity contribution in [2.24, 2.45) is 0 Å². The van der Waals surface area contributed by atoms with Gasteiger partial charge in [0.15, 0.2) is 0 Å². The van der Waals surface area contributed by atoms with Gasteiger partial charge in [0.2, 0.25) is 0 Å². The predicted molar refractivity (Wildman–Crippen MR) is 68.7 cm³/mol. The zero-order chi connectivity index (χ0) is 11.8. The molecule has 3 N–H and O–H groups in total. The highest BCUT2D eigenvalue weighted by atomic mass is 35.5. The van der Waals surface area contributed by atoms with Gasteiger partial charge in [-0.25, -0.2) is 4.98 Å². The Bertz CT molecular complexity index is 690. The van der Waals surface area contributed by atoms with E-state index in [0.29, 0.717) is 10.7 Å². The Kier molecular flexibility index (Phi) is 2.23. The van der Waals surface area contributed by atoms with Crippen LogP contribution in [-0.4, -0.2) is 15.0 Å². The zero-order valence-corrected chi connectivity index (χ0v) is 9.57. The van der Waals surface area contributed by atoms with E-state index >= 15 is 0 Å². The molecule has 0 fully saturated rings. The number of fused-ring (bicyclic) bond motifs is 1. The summed E-state index contributed by atoms with van der Waals surface area (Å²) in [5.41, 5.74) is 9.01. The highest BCUT2D eigenvalue weighted by molar-refractivity contribution is 6.33. The molecule has 0 atom stereocenters. The lowest BCUT2D eigenvalue weighted by Crippen LogP contribution is -1.83. The van der Waals surface area contributed by atoms with Gasteiger partial charge >= 0.3 is 0 Å². The number of hydrogen-bond donors (Lipinski definition) is 2. The van der Waals surface area contributed by atoms with Crippen molar-refractivity contribution in [2.45, 2.75) is 0 Å². The van der Waals surface area contributed by atoms with E-state index in [4.69, 9.17) is 17.3 Å². The van der Waals surface area contributed by atoms with Crippen LogP contribution in [0.3, 0.4) is 0 Å². The number of nitrogens with two attached hydrogens (primary N) is 1. The fourth-order valence-corrected chi connectivity index (χ4v) is 1.93. The molecule has 0 aliphatic rings. The molecule has 3 rings (SSSR count). The van der Waals surface area contributed by atoms with E-state index in [1.165, 1.54) is 0 Å². The van der Waals surface area contributed by atoms with Crippen LogP contribution in [-0.2, 0) is 0 Å². The Morgan fingerprint density at radius 3 is 2.94 bits per heavy atom. The topological polar surface area (TPSA) is 67.6 Å². The van der Waals surface area contributed by atoms with E-state index < -0.39 is 0 Å². The van der Waals surface area contributed by atoms with Crippen molar-refractivity contribution in [3.63, 3.8) is 0 Å². The minimum atomic E-state index is 0.569. The summed E-state index contributed by atoms with van der Waals surface area (Å²) < 4.78 is 0. The molecule has 17 heavy (non-hydrogen) atoms. The first kappa shape index (κ1) is 10.1. The zero-order valence-electron chi connectivity index (χ0n) is 8.81. The number of anilines is 1. The molecule has 0 spiro atoms. The summed E-state index contributed by atoms with van der Waals surface area (Å²) in [6, 6.07) is 7.37. The van der Waals surface area contributed by atoms with Crippen LogP contribution in [0.4, 0.5) is 5.69 Å². The molecule has 3 aromatic rings. The maximum atomic E-state index is 6.07. The van der Waals surface area contributed by atoms with Gasteiger partial charge in [-0.2, -0.15) is 0 Å². The maximum absolute atomic E-state index is 6.07. The van der Waals surface area contributed by atoms with Crippen molar-refractivity contribution in [3.05, 3.63) is 41.7 Å². The van der Waals surface area contributed by atoms with Gasteiger partial charge in [0, 0.05) is 23.6 Å². The average molecular weight is 245 g/mol. The molecule has 0 radical (unpaired) electrons. The first-order chi connectivity index (χ1) is 8.24. The van der Waals surface area contributed by atoms with Crippen LogP contribution < -0.4 is 5.73 Å². The van der Waals surface area contributed by atoms with Gasteiger partial charge in [-0.3, -0.25) is 4.98 Å². The largest absolute Gasteiger partial charge is 0.399 e. The van der Waals surface area contributed by atoms with E-state index in [9.17, 15) is 0 Å². The standard InChI is InChI=1S/C12H9ClN4/c13-9-6-15-4-3-8(9)12-16-10-2-1-7(14)5-11(10)17-12/h1-6H,14H2,(H,16,17). The smallest absolute Gasteiger partial charge is 0.140 e. The van der Waals surface area contributed by atoms with Crippen LogP contribution in [0, 0.1) is 0 Å². The number of rotatable bonds is 1. The van der Waals surface area contributed by atoms with Gasteiger partial charge in [-0.1, -0.05) is 11.6 Å². The number of pyridine rings is 1. The fourth-order valence-electron chi connectivity index (χ4n) is 1.72. The number of imidazole rings is 1. The Balaban J connectivity index is 2.22. The Morgan fingerprint density at radius 2 is 2.12 bits per heavy atom. The van der Waals surface area contributed by atoms with E-state index in [2.05, 4.69) is 15.0 Å². The highest BCUT2D eigenvalue weighted by Gasteiger charge is 2.08. The number of aromatic amines is 1. The molecule has 5 heteroatoms. The highest BCUT2D eigenvalue weighted by Crippen LogP contribution is 2.26. The number of nitrogens with one attached hydrogen (secondary N) is 1. The second-order valence-corrected chi connectivity index (χ2v) is 4.12. The first-order valence-electron chi connectivity index (χ1n) is 5.09. The third-order valence-electron chi connectivity index (χ3n) is 2.53. The Labute approximate surface area is 102 Å². The lowest BCUT2D eigenvalue weighted by Gasteiger charge is -1.97. The third kappa shape index (κ3) is 1.72. The predicted octanol–water partition coefficient (Wildman–Crippen LogP) is 2.86. The summed E-state index contributed by atoms with van der Waals surface area (Å²) in [5, 5.41) is 0.569. The van der Waals surface area contributed by atoms with Crippen LogP contribution in [0.1, 0.15) is 0 Å². The number of H-pyrrole nitrogens is 1. The summed E-state index contributed by atoms with van der Waals surface area (Å²) in [5.74, 6) is 0.720. The van der Waals surface area contributed by atoms with Crippen molar-refractivity contribution < 1.29 is 0 Å². The van der Waals surface area contributed by atoms with Crippen LogP contribution >= 0.6 is 11.6 Å². The summed E-state index contributed by atoms with van der Waals surface area (Å²) in [6.45, 7) is 0. The van der Waals surface area contributed by atoms with Gasteiger partial charge in [-0.05, 0) is 24.3 Å². The Morgan fingerprint density at radius 1 is 1.24 bits per heavy atom. The van der Waals surface area contributed by atoms with Crippen molar-refractivity contribution in [2.75, 3.05) is 5.73 Å². The second kappa shape index (κ2) is 3.75. The molecule has 0 aliphatic heterocycles. The molecule has 0 bridgehead atoms. The van der Waals surface area contributed by atoms with Crippen molar-refractivity contribution in [1.82, 2.24) is 15.0 Å². The number of hydrogen-bond acceptors (Lipinski definition) is 3. The summed E-state index contributed by atoms with van der Waals surface area (Å²) in [6.07, 6.45) is 3.28. The van der Waals surface area contributed by atoms with E-state index in [1.54, 1.807) is 12.4 Å². The van der Waals surface area contributed by atoms with Gasteiger partial charge in [0.1, 0.15) is 5.82 Å². The molecule has 84 valence electrons. The minimum absolute atomic E-state index is 0.569. The summed E-state index contributed by atoms with van der Waals surface area (Å²) in [4.78, 5) is 11.6. The lowest BCUT2D eigenvalue weighted by atomic mass is 10.2. The van der Waals surface area contributed by atoms with E-state index in [-0.39, 0.29) is 0 Å². The van der Waals surface area contributed by atoms with E-state index in [0.717, 1.165) is 22.4 Å². The van der Waals surface area contributed by atoms with Gasteiger partial charge in [0.05, 0.1) is 16.1 Å². The van der Waals surface area contributed by atoms with Crippen LogP contribution in [0.5, 0.6) is 0 Å². The normalized spacial score (nSPS) is 10.9. The van der Waals surface area contributed by atoms with Crippen LogP contribution in [0.15, 0.2) is 36.7 Å². The molecular weight excluding hydrogens is 236 g/mol. The lowest BCUT2D eigenvalue weighted by molar-refractivity contribution is 1.28. The second-order valence-electron chi connectivity index (χ2n) is 3.72. The number of halogens is 1. The Hall–Kier alpha value is -2.07. The van der Waals surface area contributed by atoms with Crippen LogP contribution in [0.2, 0.25) is 5.02 Å². The molecule has 2 heterocycles. The molecule has 0 amide bonds.